The number of alkyl halides is 3. The molecule has 100 valence electrons. The van der Waals surface area contributed by atoms with Gasteiger partial charge in [0.2, 0.25) is 0 Å². The minimum atomic E-state index is -3.99. The van der Waals surface area contributed by atoms with Crippen LogP contribution in [0.5, 0.6) is 0 Å². The molecule has 0 aromatic heterocycles. The fraction of sp³-hybridized carbons (Fsp3) is 0.600. The molecule has 0 spiro atoms. The van der Waals surface area contributed by atoms with Crippen molar-refractivity contribution in [2.75, 3.05) is 0 Å². The van der Waals surface area contributed by atoms with E-state index in [0.29, 0.717) is 12.3 Å². The largest absolute Gasteiger partial charge is 0.389 e. The molecule has 0 unspecified atom stereocenters. The maximum Gasteiger partial charge on any atom is 0.389 e. The molecule has 0 heterocycles. The zero-order valence-corrected chi connectivity index (χ0v) is 10.4. The van der Waals surface area contributed by atoms with Gasteiger partial charge in [0.25, 0.3) is 0 Å². The molecule has 1 fully saturated rings. The van der Waals surface area contributed by atoms with Crippen molar-refractivity contribution >= 4 is 0 Å². The second-order valence-electron chi connectivity index (χ2n) is 5.28. The van der Waals surface area contributed by atoms with Crippen LogP contribution in [0.2, 0.25) is 0 Å². The fourth-order valence-electron chi connectivity index (χ4n) is 2.88. The maximum atomic E-state index is 12.2. The van der Waals surface area contributed by atoms with Crippen molar-refractivity contribution in [2.24, 2.45) is 5.92 Å². The third kappa shape index (κ3) is 4.04. The molecule has 0 N–H and O–H groups in total. The highest BCUT2D eigenvalue weighted by atomic mass is 19.4. The van der Waals surface area contributed by atoms with Gasteiger partial charge in [0.1, 0.15) is 0 Å². The third-order valence-corrected chi connectivity index (χ3v) is 3.95. The monoisotopic (exact) mass is 256 g/mol. The second-order valence-corrected chi connectivity index (χ2v) is 5.28. The molecule has 1 aliphatic carbocycles. The number of hydrogen-bond acceptors (Lipinski definition) is 0. The van der Waals surface area contributed by atoms with Crippen LogP contribution in [-0.2, 0) is 0 Å². The highest BCUT2D eigenvalue weighted by molar-refractivity contribution is 5.19. The van der Waals surface area contributed by atoms with Gasteiger partial charge in [-0.15, -0.1) is 0 Å². The first kappa shape index (κ1) is 13.4. The van der Waals surface area contributed by atoms with Gasteiger partial charge in [-0.25, -0.2) is 0 Å². The Balaban J connectivity index is 1.78. The molecule has 1 aromatic carbocycles. The Morgan fingerprint density at radius 1 is 0.944 bits per heavy atom. The van der Waals surface area contributed by atoms with Crippen molar-refractivity contribution in [3.63, 3.8) is 0 Å². The third-order valence-electron chi connectivity index (χ3n) is 3.95. The topological polar surface area (TPSA) is 0 Å². The van der Waals surface area contributed by atoms with Crippen molar-refractivity contribution < 1.29 is 13.2 Å². The SMILES string of the molecule is FC(F)(F)CCC1CCC(c2ccccc2)CC1. The van der Waals surface area contributed by atoms with E-state index in [-0.39, 0.29) is 5.92 Å². The van der Waals surface area contributed by atoms with E-state index in [2.05, 4.69) is 12.1 Å². The number of halogens is 3. The lowest BCUT2D eigenvalue weighted by molar-refractivity contribution is -0.138. The van der Waals surface area contributed by atoms with E-state index in [1.807, 2.05) is 18.2 Å². The molecular formula is C15H19F3. The summed E-state index contributed by atoms with van der Waals surface area (Å²) in [6.45, 7) is 0. The molecule has 0 bridgehead atoms. The minimum Gasteiger partial charge on any atom is -0.171 e. The number of hydrogen-bond donors (Lipinski definition) is 0. The van der Waals surface area contributed by atoms with Gasteiger partial charge in [0, 0.05) is 6.42 Å². The Hall–Kier alpha value is -0.990. The van der Waals surface area contributed by atoms with Crippen LogP contribution in [0.1, 0.15) is 50.0 Å². The summed E-state index contributed by atoms with van der Waals surface area (Å²) in [5.74, 6) is 0.819. The molecule has 3 heteroatoms. The van der Waals surface area contributed by atoms with E-state index in [4.69, 9.17) is 0 Å². The van der Waals surface area contributed by atoms with Gasteiger partial charge in [-0.05, 0) is 49.5 Å². The molecule has 1 aliphatic rings. The smallest absolute Gasteiger partial charge is 0.171 e. The normalized spacial score (nSPS) is 25.1. The summed E-state index contributed by atoms with van der Waals surface area (Å²) in [6, 6.07) is 10.3. The Labute approximate surface area is 106 Å². The van der Waals surface area contributed by atoms with Gasteiger partial charge in [-0.1, -0.05) is 30.3 Å². The Kier molecular flexibility index (Phi) is 4.31. The van der Waals surface area contributed by atoms with Crippen molar-refractivity contribution in [1.82, 2.24) is 0 Å². The van der Waals surface area contributed by atoms with Crippen LogP contribution in [0, 0.1) is 5.92 Å². The molecular weight excluding hydrogens is 237 g/mol. The molecule has 0 radical (unpaired) electrons. The van der Waals surface area contributed by atoms with Crippen LogP contribution >= 0.6 is 0 Å². The first-order chi connectivity index (χ1) is 8.54. The van der Waals surface area contributed by atoms with Gasteiger partial charge in [-0.2, -0.15) is 13.2 Å². The van der Waals surface area contributed by atoms with Crippen LogP contribution in [0.3, 0.4) is 0 Å². The van der Waals surface area contributed by atoms with Crippen LogP contribution in [-0.4, -0.2) is 6.18 Å². The first-order valence-electron chi connectivity index (χ1n) is 6.66. The van der Waals surface area contributed by atoms with Crippen molar-refractivity contribution in [2.45, 2.75) is 50.6 Å². The van der Waals surface area contributed by atoms with E-state index in [9.17, 15) is 13.2 Å². The predicted molar refractivity (Wildman–Crippen MR) is 66.4 cm³/mol. The average molecular weight is 256 g/mol. The van der Waals surface area contributed by atoms with Crippen molar-refractivity contribution in [3.05, 3.63) is 35.9 Å². The molecule has 0 atom stereocenters. The minimum absolute atomic E-state index is 0.270. The highest BCUT2D eigenvalue weighted by Crippen LogP contribution is 2.38. The maximum absolute atomic E-state index is 12.2. The highest BCUT2D eigenvalue weighted by Gasteiger charge is 2.30. The summed E-state index contributed by atoms with van der Waals surface area (Å²) in [7, 11) is 0. The van der Waals surface area contributed by atoms with Gasteiger partial charge in [-0.3, -0.25) is 0 Å². The zero-order valence-electron chi connectivity index (χ0n) is 10.4. The van der Waals surface area contributed by atoms with E-state index in [1.54, 1.807) is 0 Å². The Morgan fingerprint density at radius 3 is 2.11 bits per heavy atom. The Morgan fingerprint density at radius 2 is 1.56 bits per heavy atom. The lowest BCUT2D eigenvalue weighted by Gasteiger charge is -2.29. The van der Waals surface area contributed by atoms with Crippen LogP contribution in [0.25, 0.3) is 0 Å². The fourth-order valence-corrected chi connectivity index (χ4v) is 2.88. The van der Waals surface area contributed by atoms with Crippen molar-refractivity contribution in [3.8, 4) is 0 Å². The summed E-state index contributed by atoms with van der Waals surface area (Å²) in [5.41, 5.74) is 1.34. The van der Waals surface area contributed by atoms with E-state index in [0.717, 1.165) is 25.7 Å². The van der Waals surface area contributed by atoms with E-state index >= 15 is 0 Å². The number of benzene rings is 1. The summed E-state index contributed by atoms with van der Waals surface area (Å²) in [5, 5.41) is 0. The van der Waals surface area contributed by atoms with Crippen LogP contribution in [0.15, 0.2) is 30.3 Å². The molecule has 18 heavy (non-hydrogen) atoms. The zero-order chi connectivity index (χ0) is 13.0. The molecule has 2 rings (SSSR count). The van der Waals surface area contributed by atoms with Crippen LogP contribution < -0.4 is 0 Å². The molecule has 0 saturated heterocycles. The lowest BCUT2D eigenvalue weighted by Crippen LogP contribution is -2.16. The Bertz CT molecular complexity index is 348. The quantitative estimate of drug-likeness (QED) is 0.688. The second kappa shape index (κ2) is 5.77. The molecule has 1 aromatic rings. The first-order valence-corrected chi connectivity index (χ1v) is 6.66. The van der Waals surface area contributed by atoms with E-state index in [1.165, 1.54) is 5.56 Å². The van der Waals surface area contributed by atoms with Crippen LogP contribution in [0.4, 0.5) is 13.2 Å². The predicted octanol–water partition coefficient (Wildman–Crippen LogP) is 5.30. The lowest BCUT2D eigenvalue weighted by atomic mass is 9.77. The van der Waals surface area contributed by atoms with Crippen molar-refractivity contribution in [1.29, 1.82) is 0 Å². The van der Waals surface area contributed by atoms with Gasteiger partial charge in [0.15, 0.2) is 0 Å². The molecule has 0 nitrogen and oxygen atoms in total. The standard InChI is InChI=1S/C15H19F3/c16-15(17,18)11-10-12-6-8-14(9-7-12)13-4-2-1-3-5-13/h1-5,12,14H,6-11H2. The summed E-state index contributed by atoms with van der Waals surface area (Å²) >= 11 is 0. The average Bonchev–Trinajstić information content (AvgIpc) is 2.37. The summed E-state index contributed by atoms with van der Waals surface area (Å²) < 4.78 is 36.5. The van der Waals surface area contributed by atoms with Gasteiger partial charge >= 0.3 is 6.18 Å². The van der Waals surface area contributed by atoms with E-state index < -0.39 is 12.6 Å². The molecule has 0 amide bonds. The number of rotatable bonds is 3. The summed E-state index contributed by atoms with van der Waals surface area (Å²) in [4.78, 5) is 0. The van der Waals surface area contributed by atoms with Gasteiger partial charge < -0.3 is 0 Å². The van der Waals surface area contributed by atoms with Gasteiger partial charge in [0.05, 0.1) is 0 Å². The molecule has 0 aliphatic heterocycles. The molecule has 1 saturated carbocycles. The summed E-state index contributed by atoms with van der Waals surface area (Å²) in [6.07, 6.45) is -0.348.